The van der Waals surface area contributed by atoms with Crippen LogP contribution < -0.4 is 0 Å². The molecule has 96 valence electrons. The third kappa shape index (κ3) is 2.84. The molecule has 0 aliphatic carbocycles. The third-order valence-corrected chi connectivity index (χ3v) is 2.74. The quantitative estimate of drug-likeness (QED) is 0.759. The van der Waals surface area contributed by atoms with Crippen molar-refractivity contribution in [3.05, 3.63) is 5.38 Å². The maximum absolute atomic E-state index is 10.6. The zero-order chi connectivity index (χ0) is 13.0. The molecule has 0 aliphatic heterocycles. The Bertz CT molecular complexity index is 513. The molecular weight excluding hydrogens is 260 g/mol. The summed E-state index contributed by atoms with van der Waals surface area (Å²) in [6.45, 7) is 0.239. The second-order valence-corrected chi connectivity index (χ2v) is 4.04. The molecule has 9 nitrogen and oxygen atoms in total. The number of aromatic nitrogens is 6. The van der Waals surface area contributed by atoms with E-state index in [-0.39, 0.29) is 13.0 Å². The Hall–Kier alpha value is -1.94. The van der Waals surface area contributed by atoms with E-state index >= 15 is 0 Å². The lowest BCUT2D eigenvalue weighted by Gasteiger charge is -2.12. The second-order valence-electron chi connectivity index (χ2n) is 3.43. The molecule has 0 aromatic carbocycles. The first-order valence-corrected chi connectivity index (χ1v) is 5.82. The highest BCUT2D eigenvalue weighted by atomic mass is 32.1. The largest absolute Gasteiger partial charge is 0.481 e. The summed E-state index contributed by atoms with van der Waals surface area (Å²) in [6, 6.07) is 0. The first-order chi connectivity index (χ1) is 8.70. The fourth-order valence-electron chi connectivity index (χ4n) is 1.38. The number of rotatable bonds is 6. The van der Waals surface area contributed by atoms with E-state index in [0.29, 0.717) is 11.5 Å². The smallest absolute Gasteiger partial charge is 0.306 e. The minimum Gasteiger partial charge on any atom is -0.481 e. The number of hydrogen-bond acceptors (Lipinski definition) is 8. The van der Waals surface area contributed by atoms with Crippen LogP contribution in [-0.4, -0.2) is 54.1 Å². The average molecular weight is 270 g/mol. The van der Waals surface area contributed by atoms with Gasteiger partial charge in [0.2, 0.25) is 5.82 Å². The summed E-state index contributed by atoms with van der Waals surface area (Å²) in [5.41, 5.74) is 0.551. The molecule has 1 atom stereocenters. The van der Waals surface area contributed by atoms with E-state index in [0.717, 1.165) is 0 Å². The molecule has 1 unspecified atom stereocenters. The Morgan fingerprint density at radius 2 is 2.44 bits per heavy atom. The Morgan fingerprint density at radius 1 is 1.61 bits per heavy atom. The van der Waals surface area contributed by atoms with E-state index in [2.05, 4.69) is 25.1 Å². The van der Waals surface area contributed by atoms with Crippen molar-refractivity contribution in [2.45, 2.75) is 19.1 Å². The lowest BCUT2D eigenvalue weighted by atomic mass is 10.2. The Morgan fingerprint density at radius 3 is 3.06 bits per heavy atom. The van der Waals surface area contributed by atoms with Gasteiger partial charge in [0.1, 0.15) is 5.69 Å². The summed E-state index contributed by atoms with van der Waals surface area (Å²) >= 11 is 1.19. The normalized spacial score (nSPS) is 12.5. The molecule has 0 spiro atoms. The van der Waals surface area contributed by atoms with Crippen LogP contribution in [0.15, 0.2) is 5.38 Å². The number of tetrazole rings is 1. The topological polar surface area (TPSA) is 116 Å². The average Bonchev–Trinajstić information content (AvgIpc) is 2.96. The molecule has 18 heavy (non-hydrogen) atoms. The third-order valence-electron chi connectivity index (χ3n) is 2.23. The van der Waals surface area contributed by atoms with E-state index < -0.39 is 12.1 Å². The minimum absolute atomic E-state index is 0.120. The van der Waals surface area contributed by atoms with Crippen LogP contribution in [0.4, 0.5) is 0 Å². The van der Waals surface area contributed by atoms with Gasteiger partial charge in [-0.05, 0) is 22.0 Å². The molecule has 2 heterocycles. The Balaban J connectivity index is 2.14. The van der Waals surface area contributed by atoms with Crippen molar-refractivity contribution in [3.8, 4) is 11.5 Å². The van der Waals surface area contributed by atoms with Gasteiger partial charge in [-0.1, -0.05) is 4.49 Å². The lowest BCUT2D eigenvalue weighted by Crippen LogP contribution is -2.23. The van der Waals surface area contributed by atoms with E-state index in [1.807, 2.05) is 0 Å². The van der Waals surface area contributed by atoms with Gasteiger partial charge < -0.3 is 9.84 Å². The second kappa shape index (κ2) is 5.60. The summed E-state index contributed by atoms with van der Waals surface area (Å²) in [7, 11) is 1.45. The fourth-order valence-corrected chi connectivity index (χ4v) is 1.82. The van der Waals surface area contributed by atoms with Crippen LogP contribution in [-0.2, 0) is 16.1 Å². The summed E-state index contributed by atoms with van der Waals surface area (Å²) < 4.78 is 10.3. The van der Waals surface area contributed by atoms with E-state index in [4.69, 9.17) is 9.84 Å². The standard InChI is InChI=1S/C8H10N6O3S/c1-17-5(2-7(15)16)3-14-8(10-11-12-14)6-4-18-13-9-6/h4-5H,2-3H2,1H3,(H,15,16). The highest BCUT2D eigenvalue weighted by Crippen LogP contribution is 2.14. The van der Waals surface area contributed by atoms with E-state index in [1.54, 1.807) is 5.38 Å². The number of carbonyl (C=O) groups is 1. The van der Waals surface area contributed by atoms with Crippen LogP contribution >= 0.6 is 11.5 Å². The number of ether oxygens (including phenoxy) is 1. The van der Waals surface area contributed by atoms with E-state index in [1.165, 1.54) is 23.3 Å². The molecule has 0 fully saturated rings. The van der Waals surface area contributed by atoms with Crippen molar-refractivity contribution in [1.82, 2.24) is 29.8 Å². The first-order valence-electron chi connectivity index (χ1n) is 4.99. The van der Waals surface area contributed by atoms with E-state index in [9.17, 15) is 4.79 Å². The van der Waals surface area contributed by atoms with Gasteiger partial charge in [0.05, 0.1) is 19.1 Å². The summed E-state index contributed by atoms with van der Waals surface area (Å²) in [5.74, 6) is -0.497. The molecule has 1 N–H and O–H groups in total. The van der Waals surface area contributed by atoms with Crippen molar-refractivity contribution in [3.63, 3.8) is 0 Å². The summed E-state index contributed by atoms with van der Waals surface area (Å²) in [4.78, 5) is 10.6. The molecule has 0 aliphatic rings. The monoisotopic (exact) mass is 270 g/mol. The maximum Gasteiger partial charge on any atom is 0.306 e. The molecule has 2 rings (SSSR count). The van der Waals surface area contributed by atoms with Crippen molar-refractivity contribution >= 4 is 17.5 Å². The first kappa shape index (κ1) is 12.5. The Kier molecular flexibility index (Phi) is 3.89. The number of carboxylic acid groups (broad SMARTS) is 1. The molecule has 0 saturated carbocycles. The van der Waals surface area contributed by atoms with Crippen LogP contribution in [0.3, 0.4) is 0 Å². The minimum atomic E-state index is -0.938. The van der Waals surface area contributed by atoms with Gasteiger partial charge >= 0.3 is 5.97 Å². The molecule has 0 saturated heterocycles. The zero-order valence-electron chi connectivity index (χ0n) is 9.42. The van der Waals surface area contributed by atoms with Crippen LogP contribution in [0, 0.1) is 0 Å². The molecule has 0 bridgehead atoms. The lowest BCUT2D eigenvalue weighted by molar-refractivity contribution is -0.139. The van der Waals surface area contributed by atoms with Gasteiger partial charge in [0.25, 0.3) is 0 Å². The fraction of sp³-hybridized carbons (Fsp3) is 0.500. The van der Waals surface area contributed by atoms with Crippen LogP contribution in [0.1, 0.15) is 6.42 Å². The van der Waals surface area contributed by atoms with Gasteiger partial charge in [0, 0.05) is 12.5 Å². The predicted molar refractivity (Wildman–Crippen MR) is 59.8 cm³/mol. The number of hydrogen-bond donors (Lipinski definition) is 1. The summed E-state index contributed by atoms with van der Waals surface area (Å²) in [5, 5.41) is 25.5. The van der Waals surface area contributed by atoms with Gasteiger partial charge in [-0.25, -0.2) is 4.68 Å². The molecule has 0 amide bonds. The maximum atomic E-state index is 10.6. The van der Waals surface area contributed by atoms with Crippen molar-refractivity contribution in [2.75, 3.05) is 7.11 Å². The number of aliphatic carboxylic acids is 1. The van der Waals surface area contributed by atoms with Gasteiger partial charge in [0.15, 0.2) is 0 Å². The number of carboxylic acids is 1. The van der Waals surface area contributed by atoms with Crippen molar-refractivity contribution in [1.29, 1.82) is 0 Å². The molecule has 2 aromatic rings. The van der Waals surface area contributed by atoms with Crippen molar-refractivity contribution < 1.29 is 14.6 Å². The van der Waals surface area contributed by atoms with Gasteiger partial charge in [-0.3, -0.25) is 4.79 Å². The number of methoxy groups -OCH3 is 1. The molecular formula is C8H10N6O3S. The van der Waals surface area contributed by atoms with Crippen LogP contribution in [0.2, 0.25) is 0 Å². The van der Waals surface area contributed by atoms with Gasteiger partial charge in [-0.2, -0.15) is 0 Å². The highest BCUT2D eigenvalue weighted by molar-refractivity contribution is 7.03. The molecule has 0 radical (unpaired) electrons. The summed E-state index contributed by atoms with van der Waals surface area (Å²) in [6.07, 6.45) is -0.623. The number of nitrogens with zero attached hydrogens (tertiary/aromatic N) is 6. The van der Waals surface area contributed by atoms with Crippen LogP contribution in [0.5, 0.6) is 0 Å². The molecule has 10 heteroatoms. The SMILES string of the molecule is COC(CC(=O)O)Cn1nnnc1-c1csnn1. The predicted octanol–water partition coefficient (Wildman–Crippen LogP) is -0.319. The van der Waals surface area contributed by atoms with Crippen LogP contribution in [0.25, 0.3) is 11.5 Å². The Labute approximate surface area is 106 Å². The highest BCUT2D eigenvalue weighted by Gasteiger charge is 2.18. The molecule has 2 aromatic heterocycles. The van der Waals surface area contributed by atoms with Gasteiger partial charge in [-0.15, -0.1) is 10.2 Å². The van der Waals surface area contributed by atoms with Crippen molar-refractivity contribution in [2.24, 2.45) is 0 Å². The zero-order valence-corrected chi connectivity index (χ0v) is 10.2.